The van der Waals surface area contributed by atoms with Gasteiger partial charge in [0.2, 0.25) is 0 Å². The highest BCUT2D eigenvalue weighted by atomic mass is 19.4. The van der Waals surface area contributed by atoms with Crippen molar-refractivity contribution in [3.05, 3.63) is 95.4 Å². The van der Waals surface area contributed by atoms with E-state index in [1.54, 1.807) is 35.2 Å². The number of carbonyl (C=O) groups is 1. The lowest BCUT2D eigenvalue weighted by atomic mass is 10.1. The van der Waals surface area contributed by atoms with Crippen molar-refractivity contribution in [1.29, 1.82) is 0 Å². The number of fused-ring (bicyclic) bond motifs is 1. The normalized spacial score (nSPS) is 14.3. The Balaban J connectivity index is 1.20. The molecule has 0 radical (unpaired) electrons. The molecule has 2 aromatic heterocycles. The molecule has 0 N–H and O–H groups in total. The maximum Gasteiger partial charge on any atom is 0.416 e. The number of aryl methyl sites for hydroxylation is 1. The Labute approximate surface area is 206 Å². The van der Waals surface area contributed by atoms with E-state index in [9.17, 15) is 18.0 Å². The second kappa shape index (κ2) is 9.56. The van der Waals surface area contributed by atoms with Gasteiger partial charge in [0.25, 0.3) is 5.91 Å². The van der Waals surface area contributed by atoms with Gasteiger partial charge < -0.3 is 18.9 Å². The van der Waals surface area contributed by atoms with E-state index in [-0.39, 0.29) is 12.5 Å². The SMILES string of the molecule is Cc1ccc2nc(COc3cccc(C(=O)N4CCN(c5cccc(C(F)(F)F)c5)CC4)c3)cn2c1. The molecule has 3 heterocycles. The molecule has 9 heteroatoms. The van der Waals surface area contributed by atoms with Crippen LogP contribution in [0.1, 0.15) is 27.2 Å². The van der Waals surface area contributed by atoms with Crippen molar-refractivity contribution < 1.29 is 22.7 Å². The number of imidazole rings is 1. The number of nitrogens with zero attached hydrogens (tertiary/aromatic N) is 4. The maximum absolute atomic E-state index is 13.1. The van der Waals surface area contributed by atoms with Crippen molar-refractivity contribution >= 4 is 17.2 Å². The maximum atomic E-state index is 13.1. The first kappa shape index (κ1) is 23.7. The van der Waals surface area contributed by atoms with Gasteiger partial charge in [-0.2, -0.15) is 13.2 Å². The van der Waals surface area contributed by atoms with Crippen LogP contribution in [0.25, 0.3) is 5.65 Å². The topological polar surface area (TPSA) is 50.1 Å². The lowest BCUT2D eigenvalue weighted by molar-refractivity contribution is -0.137. The molecular weight excluding hydrogens is 469 g/mol. The van der Waals surface area contributed by atoms with Gasteiger partial charge in [0.05, 0.1) is 11.3 Å². The molecule has 1 fully saturated rings. The largest absolute Gasteiger partial charge is 0.487 e. The number of amides is 1. The quantitative estimate of drug-likeness (QED) is 0.383. The zero-order valence-corrected chi connectivity index (χ0v) is 19.7. The van der Waals surface area contributed by atoms with Crippen LogP contribution in [-0.2, 0) is 12.8 Å². The predicted molar refractivity (Wildman–Crippen MR) is 130 cm³/mol. The number of rotatable bonds is 5. The van der Waals surface area contributed by atoms with Gasteiger partial charge in [-0.05, 0) is 55.0 Å². The van der Waals surface area contributed by atoms with E-state index in [4.69, 9.17) is 4.74 Å². The molecule has 0 atom stereocenters. The van der Waals surface area contributed by atoms with Gasteiger partial charge in [0.15, 0.2) is 0 Å². The van der Waals surface area contributed by atoms with Crippen molar-refractivity contribution in [2.45, 2.75) is 19.7 Å². The standard InChI is InChI=1S/C27H25F3N4O2/c1-19-8-9-25-31-22(17-34(25)16-19)18-36-24-7-2-4-20(14-24)26(35)33-12-10-32(11-13-33)23-6-3-5-21(15-23)27(28,29)30/h2-9,14-17H,10-13,18H2,1H3. The van der Waals surface area contributed by atoms with Gasteiger partial charge in [-0.15, -0.1) is 0 Å². The molecule has 0 saturated carbocycles. The summed E-state index contributed by atoms with van der Waals surface area (Å²) >= 11 is 0. The molecule has 4 aromatic rings. The molecule has 1 aliphatic rings. The van der Waals surface area contributed by atoms with Gasteiger partial charge in [0, 0.05) is 49.8 Å². The van der Waals surface area contributed by atoms with E-state index in [1.807, 2.05) is 40.8 Å². The van der Waals surface area contributed by atoms with Crippen molar-refractivity contribution in [1.82, 2.24) is 14.3 Å². The first-order valence-corrected chi connectivity index (χ1v) is 11.6. The van der Waals surface area contributed by atoms with E-state index in [0.717, 1.165) is 29.0 Å². The van der Waals surface area contributed by atoms with Crippen LogP contribution in [0.3, 0.4) is 0 Å². The Kier molecular flexibility index (Phi) is 6.30. The number of carbonyl (C=O) groups excluding carboxylic acids is 1. The lowest BCUT2D eigenvalue weighted by Gasteiger charge is -2.36. The smallest absolute Gasteiger partial charge is 0.416 e. The van der Waals surface area contributed by atoms with Crippen molar-refractivity contribution in [2.24, 2.45) is 0 Å². The Morgan fingerprint density at radius 2 is 1.75 bits per heavy atom. The summed E-state index contributed by atoms with van der Waals surface area (Å²) < 4.78 is 47.0. The number of ether oxygens (including phenoxy) is 1. The number of anilines is 1. The van der Waals surface area contributed by atoms with Gasteiger partial charge in [-0.1, -0.05) is 18.2 Å². The molecule has 1 saturated heterocycles. The molecule has 1 amide bonds. The van der Waals surface area contributed by atoms with Crippen LogP contribution < -0.4 is 9.64 Å². The number of hydrogen-bond donors (Lipinski definition) is 0. The molecule has 6 nitrogen and oxygen atoms in total. The molecule has 0 aliphatic carbocycles. The zero-order valence-electron chi connectivity index (χ0n) is 19.7. The Morgan fingerprint density at radius 3 is 2.53 bits per heavy atom. The molecule has 0 bridgehead atoms. The lowest BCUT2D eigenvalue weighted by Crippen LogP contribution is -2.48. The minimum absolute atomic E-state index is 0.132. The number of pyridine rings is 1. The summed E-state index contributed by atoms with van der Waals surface area (Å²) in [5, 5.41) is 0. The number of halogens is 3. The molecule has 186 valence electrons. The fraction of sp³-hybridized carbons (Fsp3) is 0.259. The molecule has 0 spiro atoms. The fourth-order valence-electron chi connectivity index (χ4n) is 4.33. The number of piperazine rings is 1. The van der Waals surface area contributed by atoms with E-state index >= 15 is 0 Å². The highest BCUT2D eigenvalue weighted by Gasteiger charge is 2.31. The van der Waals surface area contributed by atoms with Gasteiger partial charge >= 0.3 is 6.18 Å². The van der Waals surface area contributed by atoms with E-state index < -0.39 is 11.7 Å². The molecule has 36 heavy (non-hydrogen) atoms. The predicted octanol–water partition coefficient (Wildman–Crippen LogP) is 5.20. The summed E-state index contributed by atoms with van der Waals surface area (Å²) in [5.74, 6) is 0.434. The van der Waals surface area contributed by atoms with Crippen molar-refractivity contribution in [3.63, 3.8) is 0 Å². The average Bonchev–Trinajstić information content (AvgIpc) is 3.29. The van der Waals surface area contributed by atoms with Crippen LogP contribution in [0.5, 0.6) is 5.75 Å². The van der Waals surface area contributed by atoms with Crippen LogP contribution >= 0.6 is 0 Å². The third kappa shape index (κ3) is 5.15. The number of hydrogen-bond acceptors (Lipinski definition) is 4. The third-order valence-electron chi connectivity index (χ3n) is 6.22. The molecule has 1 aliphatic heterocycles. The van der Waals surface area contributed by atoms with Crippen LogP contribution in [0.2, 0.25) is 0 Å². The summed E-state index contributed by atoms with van der Waals surface area (Å²) in [4.78, 5) is 21.2. The Bertz CT molecular complexity index is 1390. The molecule has 2 aromatic carbocycles. The van der Waals surface area contributed by atoms with Crippen LogP contribution in [0.4, 0.5) is 18.9 Å². The zero-order chi connectivity index (χ0) is 25.3. The minimum atomic E-state index is -4.38. The minimum Gasteiger partial charge on any atom is -0.487 e. The number of alkyl halides is 3. The Morgan fingerprint density at radius 1 is 0.972 bits per heavy atom. The van der Waals surface area contributed by atoms with Crippen molar-refractivity contribution in [3.8, 4) is 5.75 Å². The monoisotopic (exact) mass is 494 g/mol. The molecule has 0 unspecified atom stereocenters. The second-order valence-corrected chi connectivity index (χ2v) is 8.85. The van der Waals surface area contributed by atoms with Crippen LogP contribution in [0, 0.1) is 6.92 Å². The molecule has 5 rings (SSSR count). The fourth-order valence-corrected chi connectivity index (χ4v) is 4.33. The average molecular weight is 495 g/mol. The second-order valence-electron chi connectivity index (χ2n) is 8.85. The summed E-state index contributed by atoms with van der Waals surface area (Å²) in [7, 11) is 0. The highest BCUT2D eigenvalue weighted by molar-refractivity contribution is 5.94. The van der Waals surface area contributed by atoms with Crippen molar-refractivity contribution in [2.75, 3.05) is 31.1 Å². The first-order chi connectivity index (χ1) is 17.3. The summed E-state index contributed by atoms with van der Waals surface area (Å²) in [5.41, 5.74) is 3.10. The van der Waals surface area contributed by atoms with Gasteiger partial charge in [0.1, 0.15) is 18.0 Å². The summed E-state index contributed by atoms with van der Waals surface area (Å²) in [6.07, 6.45) is -0.468. The van der Waals surface area contributed by atoms with E-state index in [1.165, 1.54) is 6.07 Å². The number of benzene rings is 2. The Hall–Kier alpha value is -4.01. The van der Waals surface area contributed by atoms with E-state index in [2.05, 4.69) is 4.98 Å². The molecular formula is C27H25F3N4O2. The highest BCUT2D eigenvalue weighted by Crippen LogP contribution is 2.32. The van der Waals surface area contributed by atoms with E-state index in [0.29, 0.717) is 43.2 Å². The summed E-state index contributed by atoms with van der Waals surface area (Å²) in [6.45, 7) is 4.03. The first-order valence-electron chi connectivity index (χ1n) is 11.6. The third-order valence-corrected chi connectivity index (χ3v) is 6.22. The van der Waals surface area contributed by atoms with Gasteiger partial charge in [-0.25, -0.2) is 4.98 Å². The van der Waals surface area contributed by atoms with Crippen LogP contribution in [0.15, 0.2) is 73.1 Å². The van der Waals surface area contributed by atoms with Gasteiger partial charge in [-0.3, -0.25) is 4.79 Å². The van der Waals surface area contributed by atoms with Crippen LogP contribution in [-0.4, -0.2) is 46.4 Å². The number of aromatic nitrogens is 2. The summed E-state index contributed by atoms with van der Waals surface area (Å²) in [6, 6.07) is 16.3.